The van der Waals surface area contributed by atoms with E-state index < -0.39 is 0 Å². The highest BCUT2D eigenvalue weighted by Crippen LogP contribution is 2.06. The Balaban J connectivity index is 2.84. The zero-order valence-corrected chi connectivity index (χ0v) is 10.7. The van der Waals surface area contributed by atoms with Gasteiger partial charge in [-0.1, -0.05) is 25.6 Å². The quantitative estimate of drug-likeness (QED) is 0.691. The van der Waals surface area contributed by atoms with Gasteiger partial charge in [0.2, 0.25) is 0 Å². The largest absolute Gasteiger partial charge is 0.380 e. The number of rotatable bonds is 4. The maximum Gasteiger partial charge on any atom is 0.286 e. The molecule has 0 aromatic carbocycles. The zero-order chi connectivity index (χ0) is 12.3. The molecule has 0 aliphatic rings. The Morgan fingerprint density at radius 3 is 2.38 bits per heavy atom. The molecule has 1 rings (SSSR count). The summed E-state index contributed by atoms with van der Waals surface area (Å²) < 4.78 is 4.77. The first-order chi connectivity index (χ1) is 7.30. The fourth-order valence-corrected chi connectivity index (χ4v) is 1.39. The van der Waals surface area contributed by atoms with Crippen LogP contribution in [0.25, 0.3) is 0 Å². The number of hydrogen-bond donors (Lipinski definition) is 1. The number of likely N-dealkylation sites (N-methyl/N-ethyl adjacent to an activating group) is 1. The van der Waals surface area contributed by atoms with Crippen LogP contribution < -0.4 is 20.6 Å². The Morgan fingerprint density at radius 2 is 2.00 bits per heavy atom. The van der Waals surface area contributed by atoms with Crippen molar-refractivity contribution in [3.05, 3.63) is 11.8 Å². The molecule has 0 spiro atoms. The number of hydrogen-bond acceptors (Lipinski definition) is 4. The molecule has 0 unspecified atom stereocenters. The van der Waals surface area contributed by atoms with Gasteiger partial charge in [-0.05, 0) is 19.4 Å². The summed E-state index contributed by atoms with van der Waals surface area (Å²) in [6, 6.07) is 0. The van der Waals surface area contributed by atoms with E-state index in [2.05, 4.69) is 36.0 Å². The van der Waals surface area contributed by atoms with E-state index >= 15 is 0 Å². The third-order valence-electron chi connectivity index (χ3n) is 2.24. The SMILES string of the molecule is CN(C)CCN([n+]1cc(=N)o[n-]1)C(C)(C)C. The maximum atomic E-state index is 7.34. The fourth-order valence-electron chi connectivity index (χ4n) is 1.39. The molecule has 92 valence electrons. The Kier molecular flexibility index (Phi) is 3.74. The molecule has 1 aromatic heterocycles. The summed E-state index contributed by atoms with van der Waals surface area (Å²) in [4.78, 5) is 3.72. The van der Waals surface area contributed by atoms with Crippen molar-refractivity contribution in [3.8, 4) is 0 Å². The van der Waals surface area contributed by atoms with Crippen LogP contribution in [0.15, 0.2) is 10.7 Å². The molecular formula is C10H21N5O. The molecule has 0 saturated heterocycles. The van der Waals surface area contributed by atoms with E-state index in [1.54, 1.807) is 11.0 Å². The molecule has 0 bridgehead atoms. The second kappa shape index (κ2) is 4.69. The average Bonchev–Trinajstić information content (AvgIpc) is 2.49. The predicted molar refractivity (Wildman–Crippen MR) is 59.5 cm³/mol. The highest BCUT2D eigenvalue weighted by atomic mass is 16.5. The number of aromatic nitrogens is 2. The third-order valence-corrected chi connectivity index (χ3v) is 2.24. The molecule has 1 aromatic rings. The molecule has 0 radical (unpaired) electrons. The van der Waals surface area contributed by atoms with Crippen LogP contribution in [0.3, 0.4) is 0 Å². The number of nitrogens with one attached hydrogen (secondary N) is 1. The highest BCUT2D eigenvalue weighted by molar-refractivity contribution is 4.88. The predicted octanol–water partition coefficient (Wildman–Crippen LogP) is -0.698. The van der Waals surface area contributed by atoms with Crippen molar-refractivity contribution in [1.29, 1.82) is 5.41 Å². The van der Waals surface area contributed by atoms with E-state index in [0.29, 0.717) is 0 Å². The van der Waals surface area contributed by atoms with Crippen LogP contribution in [-0.2, 0) is 0 Å². The smallest absolute Gasteiger partial charge is 0.286 e. The minimum Gasteiger partial charge on any atom is -0.380 e. The van der Waals surface area contributed by atoms with E-state index in [9.17, 15) is 0 Å². The lowest BCUT2D eigenvalue weighted by Gasteiger charge is -2.36. The highest BCUT2D eigenvalue weighted by Gasteiger charge is 2.22. The summed E-state index contributed by atoms with van der Waals surface area (Å²) >= 11 is 0. The second-order valence-corrected chi connectivity index (χ2v) is 5.08. The van der Waals surface area contributed by atoms with Crippen LogP contribution in [0.1, 0.15) is 20.8 Å². The van der Waals surface area contributed by atoms with Crippen molar-refractivity contribution in [2.75, 3.05) is 32.2 Å². The van der Waals surface area contributed by atoms with Gasteiger partial charge in [0.25, 0.3) is 11.8 Å². The minimum absolute atomic E-state index is 0.0655. The van der Waals surface area contributed by atoms with Gasteiger partial charge in [-0.2, -0.15) is 0 Å². The summed E-state index contributed by atoms with van der Waals surface area (Å²) in [5.41, 5.74) is 0.00313. The zero-order valence-electron chi connectivity index (χ0n) is 10.7. The van der Waals surface area contributed by atoms with Gasteiger partial charge in [0.1, 0.15) is 0 Å². The van der Waals surface area contributed by atoms with Gasteiger partial charge in [0, 0.05) is 18.6 Å². The van der Waals surface area contributed by atoms with Crippen LogP contribution in [0.5, 0.6) is 0 Å². The Morgan fingerprint density at radius 1 is 1.38 bits per heavy atom. The normalized spacial score (nSPS) is 12.1. The summed E-state index contributed by atoms with van der Waals surface area (Å²) in [5.74, 6) is 0. The van der Waals surface area contributed by atoms with Crippen molar-refractivity contribution < 1.29 is 9.31 Å². The first-order valence-electron chi connectivity index (χ1n) is 5.33. The molecule has 6 nitrogen and oxygen atoms in total. The van der Waals surface area contributed by atoms with Crippen LogP contribution in [-0.4, -0.2) is 37.6 Å². The molecular weight excluding hydrogens is 206 g/mol. The molecule has 0 fully saturated rings. The van der Waals surface area contributed by atoms with Crippen LogP contribution in [0.4, 0.5) is 0 Å². The first-order valence-corrected chi connectivity index (χ1v) is 5.33. The van der Waals surface area contributed by atoms with Crippen molar-refractivity contribution in [1.82, 2.24) is 10.2 Å². The second-order valence-electron chi connectivity index (χ2n) is 5.08. The van der Waals surface area contributed by atoms with E-state index in [0.717, 1.165) is 13.1 Å². The van der Waals surface area contributed by atoms with Gasteiger partial charge in [-0.3, -0.25) is 10.4 Å². The van der Waals surface area contributed by atoms with Crippen molar-refractivity contribution in [2.45, 2.75) is 26.3 Å². The third kappa shape index (κ3) is 3.37. The lowest BCUT2D eigenvalue weighted by molar-refractivity contribution is -0.770. The van der Waals surface area contributed by atoms with E-state index in [4.69, 9.17) is 9.93 Å². The summed E-state index contributed by atoms with van der Waals surface area (Å²) in [7, 11) is 4.06. The van der Waals surface area contributed by atoms with Crippen LogP contribution in [0.2, 0.25) is 0 Å². The first kappa shape index (κ1) is 12.8. The Hall–Kier alpha value is -1.30. The molecule has 1 N–H and O–H groups in total. The summed E-state index contributed by atoms with van der Waals surface area (Å²) in [6.07, 6.45) is 1.57. The molecule has 16 heavy (non-hydrogen) atoms. The lowest BCUT2D eigenvalue weighted by Crippen LogP contribution is -2.69. The van der Waals surface area contributed by atoms with Crippen LogP contribution in [0, 0.1) is 5.41 Å². The minimum atomic E-state index is -0.0655. The van der Waals surface area contributed by atoms with Gasteiger partial charge < -0.3 is 9.42 Å². The van der Waals surface area contributed by atoms with E-state index in [1.807, 2.05) is 14.1 Å². The number of nitrogens with zero attached hydrogens (tertiary/aromatic N) is 4. The molecule has 1 heterocycles. The topological polar surface area (TPSA) is 61.5 Å². The van der Waals surface area contributed by atoms with Gasteiger partial charge >= 0.3 is 0 Å². The average molecular weight is 227 g/mol. The summed E-state index contributed by atoms with van der Waals surface area (Å²) in [6.45, 7) is 8.06. The molecule has 0 saturated carbocycles. The van der Waals surface area contributed by atoms with Gasteiger partial charge in [0.15, 0.2) is 0 Å². The lowest BCUT2D eigenvalue weighted by atomic mass is 10.1. The Bertz CT molecular complexity index is 373. The van der Waals surface area contributed by atoms with E-state index in [-0.39, 0.29) is 11.1 Å². The Labute approximate surface area is 95.9 Å². The molecule has 0 amide bonds. The summed E-state index contributed by atoms with van der Waals surface area (Å²) in [5, 5.41) is 13.2. The van der Waals surface area contributed by atoms with Crippen molar-refractivity contribution >= 4 is 0 Å². The molecule has 6 heteroatoms. The van der Waals surface area contributed by atoms with E-state index in [1.165, 1.54) is 0 Å². The molecule has 0 aliphatic carbocycles. The van der Waals surface area contributed by atoms with Crippen LogP contribution >= 0.6 is 0 Å². The molecule has 0 aliphatic heterocycles. The fraction of sp³-hybridized carbons (Fsp3) is 0.800. The maximum absolute atomic E-state index is 7.34. The van der Waals surface area contributed by atoms with Crippen molar-refractivity contribution in [2.24, 2.45) is 0 Å². The van der Waals surface area contributed by atoms with Crippen molar-refractivity contribution in [3.63, 3.8) is 0 Å². The molecule has 0 atom stereocenters. The standard InChI is InChI=1S/C10H21N5O/c1-10(2,3)14(7-6-13(4)5)15-8-9(11)16-12-15/h8,11H,6-7H2,1-5H3. The monoisotopic (exact) mass is 227 g/mol. The van der Waals surface area contributed by atoms with Gasteiger partial charge in [-0.15, -0.1) is 0 Å². The van der Waals surface area contributed by atoms with Gasteiger partial charge in [-0.25, -0.2) is 0 Å². The van der Waals surface area contributed by atoms with Gasteiger partial charge in [0.05, 0.1) is 0 Å².